The Balaban J connectivity index is 2.38. The second-order valence-electron chi connectivity index (χ2n) is 4.75. The van der Waals surface area contributed by atoms with Crippen LogP contribution < -0.4 is 5.73 Å². The highest BCUT2D eigenvalue weighted by atomic mass is 32.2. The van der Waals surface area contributed by atoms with E-state index in [0.29, 0.717) is 17.2 Å². The van der Waals surface area contributed by atoms with E-state index in [9.17, 15) is 0 Å². The fourth-order valence-electron chi connectivity index (χ4n) is 1.87. The van der Waals surface area contributed by atoms with Gasteiger partial charge < -0.3 is 10.5 Å². The Morgan fingerprint density at radius 3 is 2.62 bits per heavy atom. The van der Waals surface area contributed by atoms with E-state index >= 15 is 0 Å². The first-order valence-corrected chi connectivity index (χ1v) is 8.07. The maximum absolute atomic E-state index is 6.35. The number of rotatable bonds is 5. The van der Waals surface area contributed by atoms with Gasteiger partial charge in [0.1, 0.15) is 0 Å². The molecule has 0 aliphatic carbocycles. The summed E-state index contributed by atoms with van der Waals surface area (Å²) in [6.45, 7) is 7.71. The van der Waals surface area contributed by atoms with Gasteiger partial charge in [-0.1, -0.05) is 20.8 Å². The third kappa shape index (κ3) is 4.13. The molecule has 0 spiro atoms. The third-order valence-corrected chi connectivity index (χ3v) is 6.97. The summed E-state index contributed by atoms with van der Waals surface area (Å²) >= 11 is 4.15. The van der Waals surface area contributed by atoms with Crippen LogP contribution in [-0.4, -0.2) is 41.3 Å². The zero-order valence-electron chi connectivity index (χ0n) is 10.8. The van der Waals surface area contributed by atoms with Crippen LogP contribution in [0, 0.1) is 5.92 Å². The topological polar surface area (TPSA) is 35.2 Å². The summed E-state index contributed by atoms with van der Waals surface area (Å²) in [5.74, 6) is 1.76. The Morgan fingerprint density at radius 2 is 2.06 bits per heavy atom. The van der Waals surface area contributed by atoms with Gasteiger partial charge in [-0.25, -0.2) is 0 Å². The zero-order valence-corrected chi connectivity index (χ0v) is 12.4. The van der Waals surface area contributed by atoms with Crippen LogP contribution in [0.1, 0.15) is 27.2 Å². The number of ether oxygens (including phenoxy) is 1. The largest absolute Gasteiger partial charge is 0.385 e. The summed E-state index contributed by atoms with van der Waals surface area (Å²) in [6, 6.07) is 0.308. The maximum atomic E-state index is 6.35. The van der Waals surface area contributed by atoms with Gasteiger partial charge in [-0.2, -0.15) is 23.5 Å². The summed E-state index contributed by atoms with van der Waals surface area (Å²) in [4.78, 5) is 0. The Morgan fingerprint density at radius 1 is 1.38 bits per heavy atom. The van der Waals surface area contributed by atoms with Crippen LogP contribution in [0.3, 0.4) is 0 Å². The van der Waals surface area contributed by atoms with Crippen molar-refractivity contribution >= 4 is 23.5 Å². The normalized spacial score (nSPS) is 34.7. The quantitative estimate of drug-likeness (QED) is 0.827. The lowest BCUT2D eigenvalue weighted by atomic mass is 9.97. The molecule has 1 saturated heterocycles. The van der Waals surface area contributed by atoms with Crippen molar-refractivity contribution < 1.29 is 4.74 Å². The van der Waals surface area contributed by atoms with Crippen LogP contribution in [0.25, 0.3) is 0 Å². The lowest BCUT2D eigenvalue weighted by molar-refractivity contribution is 0.174. The molecular weight excluding hydrogens is 238 g/mol. The highest BCUT2D eigenvalue weighted by Crippen LogP contribution is 2.38. The van der Waals surface area contributed by atoms with Crippen LogP contribution in [0.15, 0.2) is 0 Å². The first-order chi connectivity index (χ1) is 7.56. The first-order valence-electron chi connectivity index (χ1n) is 6.07. The number of methoxy groups -OCH3 is 1. The molecule has 0 aromatic heterocycles. The first kappa shape index (κ1) is 14.7. The van der Waals surface area contributed by atoms with E-state index < -0.39 is 0 Å². The van der Waals surface area contributed by atoms with Crippen LogP contribution in [0.4, 0.5) is 0 Å². The molecule has 5 unspecified atom stereocenters. The van der Waals surface area contributed by atoms with Crippen molar-refractivity contribution in [1.82, 2.24) is 0 Å². The number of hydrogen-bond acceptors (Lipinski definition) is 4. The van der Waals surface area contributed by atoms with Gasteiger partial charge in [0.05, 0.1) is 0 Å². The summed E-state index contributed by atoms with van der Waals surface area (Å²) < 4.78 is 5.12. The molecule has 1 fully saturated rings. The van der Waals surface area contributed by atoms with E-state index in [4.69, 9.17) is 10.5 Å². The van der Waals surface area contributed by atoms with Gasteiger partial charge in [0.25, 0.3) is 0 Å². The summed E-state index contributed by atoms with van der Waals surface area (Å²) in [5.41, 5.74) is 6.35. The molecule has 1 aliphatic rings. The molecule has 4 heteroatoms. The SMILES string of the molecule is COCCC(C)C(N)C1CSC(C)C(C)S1. The van der Waals surface area contributed by atoms with E-state index in [1.54, 1.807) is 7.11 Å². The van der Waals surface area contributed by atoms with Crippen LogP contribution in [0.5, 0.6) is 0 Å². The lowest BCUT2D eigenvalue weighted by Gasteiger charge is -2.36. The fourth-order valence-corrected chi connectivity index (χ4v) is 5.06. The molecule has 1 aliphatic heterocycles. The summed E-state index contributed by atoms with van der Waals surface area (Å²) in [6.07, 6.45) is 1.07. The van der Waals surface area contributed by atoms with Crippen molar-refractivity contribution in [3.63, 3.8) is 0 Å². The monoisotopic (exact) mass is 263 g/mol. The fraction of sp³-hybridized carbons (Fsp3) is 1.00. The van der Waals surface area contributed by atoms with Crippen molar-refractivity contribution in [2.45, 2.75) is 49.0 Å². The van der Waals surface area contributed by atoms with E-state index in [2.05, 4.69) is 44.3 Å². The van der Waals surface area contributed by atoms with Crippen molar-refractivity contribution in [3.05, 3.63) is 0 Å². The van der Waals surface area contributed by atoms with E-state index in [0.717, 1.165) is 23.5 Å². The number of nitrogens with two attached hydrogens (primary N) is 1. The third-order valence-electron chi connectivity index (χ3n) is 3.44. The molecule has 96 valence electrons. The highest BCUT2D eigenvalue weighted by molar-refractivity contribution is 8.07. The molecule has 1 heterocycles. The van der Waals surface area contributed by atoms with Gasteiger partial charge in [-0.15, -0.1) is 0 Å². The Kier molecular flexibility index (Phi) is 6.55. The standard InChI is InChI=1S/C12H25NOS2/c1-8(5-6-14-4)12(13)11-7-15-9(2)10(3)16-11/h8-12H,5-7,13H2,1-4H3. The van der Waals surface area contributed by atoms with E-state index in [1.807, 2.05) is 0 Å². The van der Waals surface area contributed by atoms with Crippen LogP contribution in [-0.2, 0) is 4.74 Å². The van der Waals surface area contributed by atoms with E-state index in [-0.39, 0.29) is 0 Å². The lowest BCUT2D eigenvalue weighted by Crippen LogP contribution is -2.44. The number of hydrogen-bond donors (Lipinski definition) is 1. The van der Waals surface area contributed by atoms with Gasteiger partial charge in [0.2, 0.25) is 0 Å². The smallest absolute Gasteiger partial charge is 0.0465 e. The van der Waals surface area contributed by atoms with Crippen molar-refractivity contribution in [1.29, 1.82) is 0 Å². The summed E-state index contributed by atoms with van der Waals surface area (Å²) in [5, 5.41) is 2.11. The predicted molar refractivity (Wildman–Crippen MR) is 76.4 cm³/mol. The molecule has 2 nitrogen and oxygen atoms in total. The maximum Gasteiger partial charge on any atom is 0.0465 e. The minimum Gasteiger partial charge on any atom is -0.385 e. The molecule has 0 radical (unpaired) electrons. The van der Waals surface area contributed by atoms with Gasteiger partial charge in [-0.05, 0) is 12.3 Å². The Labute approximate surface area is 108 Å². The molecule has 5 atom stereocenters. The highest BCUT2D eigenvalue weighted by Gasteiger charge is 2.31. The Bertz CT molecular complexity index is 203. The average Bonchev–Trinajstić information content (AvgIpc) is 2.28. The molecule has 0 amide bonds. The van der Waals surface area contributed by atoms with Gasteiger partial charge in [0, 0.05) is 41.3 Å². The second kappa shape index (κ2) is 7.14. The predicted octanol–water partition coefficient (Wildman–Crippen LogP) is 2.61. The second-order valence-corrected chi connectivity index (χ2v) is 7.79. The molecule has 1 rings (SSSR count). The van der Waals surface area contributed by atoms with Gasteiger partial charge >= 0.3 is 0 Å². The van der Waals surface area contributed by atoms with Crippen molar-refractivity contribution in [2.75, 3.05) is 19.5 Å². The molecule has 0 saturated carbocycles. The molecule has 2 N–H and O–H groups in total. The molecule has 0 bridgehead atoms. The molecule has 0 aromatic rings. The average molecular weight is 263 g/mol. The molecule has 16 heavy (non-hydrogen) atoms. The van der Waals surface area contributed by atoms with Gasteiger partial charge in [-0.3, -0.25) is 0 Å². The minimum atomic E-state index is 0.308. The molecular formula is C12H25NOS2. The molecule has 0 aromatic carbocycles. The van der Waals surface area contributed by atoms with Gasteiger partial charge in [0.15, 0.2) is 0 Å². The van der Waals surface area contributed by atoms with Crippen molar-refractivity contribution in [3.8, 4) is 0 Å². The Hall–Kier alpha value is 0.620. The number of thioether (sulfide) groups is 2. The van der Waals surface area contributed by atoms with Crippen molar-refractivity contribution in [2.24, 2.45) is 11.7 Å². The van der Waals surface area contributed by atoms with E-state index in [1.165, 1.54) is 5.75 Å². The van der Waals surface area contributed by atoms with Crippen LogP contribution in [0.2, 0.25) is 0 Å². The minimum absolute atomic E-state index is 0.308. The summed E-state index contributed by atoms with van der Waals surface area (Å²) in [7, 11) is 1.76. The van der Waals surface area contributed by atoms with Crippen LogP contribution >= 0.6 is 23.5 Å². The zero-order chi connectivity index (χ0) is 12.1.